The molecule has 1 aliphatic heterocycles. The minimum atomic E-state index is -4.55. The number of hydrogen-bond donors (Lipinski definition) is 1. The molecule has 1 aliphatic rings. The smallest absolute Gasteiger partial charge is 0.371 e. The van der Waals surface area contributed by atoms with Crippen LogP contribution in [0.2, 0.25) is 0 Å². The van der Waals surface area contributed by atoms with Crippen molar-refractivity contribution in [2.24, 2.45) is 0 Å². The van der Waals surface area contributed by atoms with E-state index in [1.54, 1.807) is 12.1 Å². The van der Waals surface area contributed by atoms with Gasteiger partial charge in [-0.05, 0) is 24.6 Å². The molecule has 0 saturated heterocycles. The maximum Gasteiger partial charge on any atom is 0.417 e. The molecule has 0 radical (unpaired) electrons. The van der Waals surface area contributed by atoms with E-state index in [0.717, 1.165) is 11.3 Å². The fraction of sp³-hybridized carbons (Fsp3) is 0.438. The number of aromatic amines is 1. The zero-order valence-corrected chi connectivity index (χ0v) is 12.8. The van der Waals surface area contributed by atoms with Crippen LogP contribution in [0.4, 0.5) is 18.9 Å². The summed E-state index contributed by atoms with van der Waals surface area (Å²) < 4.78 is 39.7. The molecule has 1 aromatic heterocycles. The minimum absolute atomic E-state index is 0.0430. The first-order valence-electron chi connectivity index (χ1n) is 7.05. The number of rotatable bonds is 0. The topological polar surface area (TPSA) is 36.1 Å². The number of anilines is 1. The number of nitrogens with zero attached hydrogens (tertiary/aromatic N) is 1. The van der Waals surface area contributed by atoms with Crippen molar-refractivity contribution in [3.05, 3.63) is 39.7 Å². The largest absolute Gasteiger partial charge is 0.417 e. The monoisotopic (exact) mass is 310 g/mol. The predicted octanol–water partition coefficient (Wildman–Crippen LogP) is 3.66. The SMILES string of the molecule is C[C@@H]1N(C)c2cc3[nH]c(=O)cc(C(F)(F)F)c3cc2C1(C)C. The van der Waals surface area contributed by atoms with Crippen molar-refractivity contribution < 1.29 is 13.2 Å². The number of pyridine rings is 1. The maximum atomic E-state index is 13.2. The van der Waals surface area contributed by atoms with Gasteiger partial charge in [-0.3, -0.25) is 4.79 Å². The van der Waals surface area contributed by atoms with Gasteiger partial charge in [0.1, 0.15) is 0 Å². The molecule has 0 fully saturated rings. The number of alkyl halides is 3. The molecule has 1 atom stereocenters. The van der Waals surface area contributed by atoms with Gasteiger partial charge in [-0.25, -0.2) is 0 Å². The van der Waals surface area contributed by atoms with Crippen LogP contribution < -0.4 is 10.5 Å². The van der Waals surface area contributed by atoms with Crippen molar-refractivity contribution in [2.45, 2.75) is 38.4 Å². The lowest BCUT2D eigenvalue weighted by Crippen LogP contribution is -2.36. The average molecular weight is 310 g/mol. The lowest BCUT2D eigenvalue weighted by molar-refractivity contribution is -0.136. The summed E-state index contributed by atoms with van der Waals surface area (Å²) in [4.78, 5) is 16.1. The Labute approximate surface area is 125 Å². The lowest BCUT2D eigenvalue weighted by Gasteiger charge is -2.28. The molecule has 1 aromatic carbocycles. The van der Waals surface area contributed by atoms with Gasteiger partial charge in [-0.1, -0.05) is 13.8 Å². The van der Waals surface area contributed by atoms with Crippen molar-refractivity contribution >= 4 is 16.6 Å². The Morgan fingerprint density at radius 2 is 1.86 bits per heavy atom. The maximum absolute atomic E-state index is 13.2. The van der Waals surface area contributed by atoms with Crippen LogP contribution in [0.25, 0.3) is 10.9 Å². The van der Waals surface area contributed by atoms with Crippen molar-refractivity contribution in [1.29, 1.82) is 0 Å². The van der Waals surface area contributed by atoms with E-state index in [4.69, 9.17) is 0 Å². The number of halogens is 3. The van der Waals surface area contributed by atoms with Gasteiger partial charge in [0.05, 0.1) is 11.1 Å². The van der Waals surface area contributed by atoms with Crippen molar-refractivity contribution in [2.75, 3.05) is 11.9 Å². The fourth-order valence-electron chi connectivity index (χ4n) is 3.25. The van der Waals surface area contributed by atoms with E-state index in [1.165, 1.54) is 0 Å². The Morgan fingerprint density at radius 1 is 1.23 bits per heavy atom. The third kappa shape index (κ3) is 1.93. The predicted molar refractivity (Wildman–Crippen MR) is 80.5 cm³/mol. The standard InChI is InChI=1S/C16H17F3N2O/c1-8-15(2,3)11-5-9-10(16(17,18)19)6-14(22)20-12(9)7-13(11)21(8)4/h5-8H,1-4H3,(H,20,22)/t8-/m0/s1. The molecule has 3 nitrogen and oxygen atoms in total. The molecule has 0 bridgehead atoms. The van der Waals surface area contributed by atoms with Crippen LogP contribution in [0.15, 0.2) is 23.0 Å². The average Bonchev–Trinajstić information content (AvgIpc) is 2.56. The molecule has 6 heteroatoms. The summed E-state index contributed by atoms with van der Waals surface area (Å²) in [5.41, 5.74) is 0.0553. The second-order valence-corrected chi connectivity index (χ2v) is 6.47. The number of hydrogen-bond acceptors (Lipinski definition) is 2. The summed E-state index contributed by atoms with van der Waals surface area (Å²) in [7, 11) is 1.91. The Bertz CT molecular complexity index is 820. The van der Waals surface area contributed by atoms with E-state index < -0.39 is 17.3 Å². The Balaban J connectivity index is 2.41. The fourth-order valence-corrected chi connectivity index (χ4v) is 3.25. The summed E-state index contributed by atoms with van der Waals surface area (Å²) in [6.45, 7) is 6.08. The highest BCUT2D eigenvalue weighted by molar-refractivity contribution is 5.89. The second-order valence-electron chi connectivity index (χ2n) is 6.47. The lowest BCUT2D eigenvalue weighted by atomic mass is 9.80. The van der Waals surface area contributed by atoms with E-state index in [-0.39, 0.29) is 22.4 Å². The molecule has 2 heterocycles. The van der Waals surface area contributed by atoms with E-state index in [9.17, 15) is 18.0 Å². The summed E-state index contributed by atoms with van der Waals surface area (Å²) >= 11 is 0. The van der Waals surface area contributed by atoms with Gasteiger partial charge in [-0.2, -0.15) is 13.2 Å². The quantitative estimate of drug-likeness (QED) is 0.806. The number of fused-ring (bicyclic) bond motifs is 2. The molecule has 2 aromatic rings. The van der Waals surface area contributed by atoms with Crippen LogP contribution in [-0.2, 0) is 11.6 Å². The number of aromatic nitrogens is 1. The van der Waals surface area contributed by atoms with Gasteiger partial charge in [0.25, 0.3) is 0 Å². The first kappa shape index (κ1) is 14.9. The zero-order valence-electron chi connectivity index (χ0n) is 12.8. The van der Waals surface area contributed by atoms with Crippen molar-refractivity contribution in [3.63, 3.8) is 0 Å². The number of nitrogens with one attached hydrogen (secondary N) is 1. The van der Waals surface area contributed by atoms with Crippen LogP contribution in [0.3, 0.4) is 0 Å². The highest BCUT2D eigenvalue weighted by Crippen LogP contribution is 2.46. The van der Waals surface area contributed by atoms with E-state index in [0.29, 0.717) is 6.07 Å². The Hall–Kier alpha value is -1.98. The minimum Gasteiger partial charge on any atom is -0.371 e. The van der Waals surface area contributed by atoms with Crippen LogP contribution in [0, 0.1) is 0 Å². The first-order valence-corrected chi connectivity index (χ1v) is 7.05. The van der Waals surface area contributed by atoms with E-state index in [1.807, 2.05) is 32.7 Å². The Kier molecular flexibility index (Phi) is 2.90. The zero-order chi connectivity index (χ0) is 16.4. The molecule has 1 N–H and O–H groups in total. The molecule has 22 heavy (non-hydrogen) atoms. The molecule has 0 aliphatic carbocycles. The third-order valence-corrected chi connectivity index (χ3v) is 4.96. The van der Waals surface area contributed by atoms with Gasteiger partial charge in [0.15, 0.2) is 0 Å². The second kappa shape index (κ2) is 4.27. The van der Waals surface area contributed by atoms with Crippen LogP contribution >= 0.6 is 0 Å². The molecule has 0 amide bonds. The molecule has 0 unspecified atom stereocenters. The number of benzene rings is 1. The molecule has 118 valence electrons. The highest BCUT2D eigenvalue weighted by Gasteiger charge is 2.41. The summed E-state index contributed by atoms with van der Waals surface area (Å²) in [5, 5.41) is 0.0430. The summed E-state index contributed by atoms with van der Waals surface area (Å²) in [6, 6.07) is 4.00. The van der Waals surface area contributed by atoms with Gasteiger partial charge in [-0.15, -0.1) is 0 Å². The van der Waals surface area contributed by atoms with Crippen molar-refractivity contribution in [1.82, 2.24) is 4.98 Å². The van der Waals surface area contributed by atoms with Crippen LogP contribution in [-0.4, -0.2) is 18.1 Å². The van der Waals surface area contributed by atoms with Crippen LogP contribution in [0.5, 0.6) is 0 Å². The first-order chi connectivity index (χ1) is 10.0. The van der Waals surface area contributed by atoms with Gasteiger partial charge >= 0.3 is 6.18 Å². The number of H-pyrrole nitrogens is 1. The van der Waals surface area contributed by atoms with Crippen LogP contribution in [0.1, 0.15) is 31.9 Å². The normalized spacial score (nSPS) is 20.5. The van der Waals surface area contributed by atoms with Gasteiger partial charge in [0, 0.05) is 35.6 Å². The van der Waals surface area contributed by atoms with Crippen molar-refractivity contribution in [3.8, 4) is 0 Å². The third-order valence-electron chi connectivity index (χ3n) is 4.96. The Morgan fingerprint density at radius 3 is 2.45 bits per heavy atom. The number of likely N-dealkylation sites (N-methyl/N-ethyl adjacent to an activating group) is 1. The molecule has 0 saturated carbocycles. The van der Waals surface area contributed by atoms with E-state index in [2.05, 4.69) is 4.98 Å². The summed E-state index contributed by atoms with van der Waals surface area (Å²) in [6.07, 6.45) is -4.55. The molecular weight excluding hydrogens is 293 g/mol. The highest BCUT2D eigenvalue weighted by atomic mass is 19.4. The molecular formula is C16H17F3N2O. The molecule has 0 spiro atoms. The van der Waals surface area contributed by atoms with E-state index >= 15 is 0 Å². The summed E-state index contributed by atoms with van der Waals surface area (Å²) in [5.74, 6) is 0. The van der Waals surface area contributed by atoms with Gasteiger partial charge in [0.2, 0.25) is 5.56 Å². The van der Waals surface area contributed by atoms with Gasteiger partial charge < -0.3 is 9.88 Å². The molecule has 3 rings (SSSR count).